The third kappa shape index (κ3) is 2.10. The Bertz CT molecular complexity index is 746. The van der Waals surface area contributed by atoms with Crippen molar-refractivity contribution >= 4 is 11.0 Å². The number of fused-ring (bicyclic) bond motifs is 1. The maximum atomic E-state index is 6.06. The van der Waals surface area contributed by atoms with Crippen molar-refractivity contribution in [1.29, 1.82) is 0 Å². The molecule has 3 aromatic rings. The highest BCUT2D eigenvalue weighted by atomic mass is 16.3. The van der Waals surface area contributed by atoms with Crippen LogP contribution in [0.5, 0.6) is 0 Å². The Morgan fingerprint density at radius 2 is 1.90 bits per heavy atom. The molecule has 102 valence electrons. The summed E-state index contributed by atoms with van der Waals surface area (Å²) in [6.07, 6.45) is 1.82. The summed E-state index contributed by atoms with van der Waals surface area (Å²) in [5, 5.41) is 4.43. The number of benzene rings is 1. The highest BCUT2D eigenvalue weighted by Crippen LogP contribution is 2.29. The van der Waals surface area contributed by atoms with Crippen molar-refractivity contribution in [1.82, 2.24) is 10.3 Å². The molecule has 0 aliphatic heterocycles. The Labute approximate surface area is 118 Å². The fourth-order valence-electron chi connectivity index (χ4n) is 2.58. The van der Waals surface area contributed by atoms with E-state index in [2.05, 4.69) is 54.5 Å². The van der Waals surface area contributed by atoms with Gasteiger partial charge < -0.3 is 9.73 Å². The summed E-state index contributed by atoms with van der Waals surface area (Å²) in [5.41, 5.74) is 4.27. The first-order chi connectivity index (χ1) is 9.70. The summed E-state index contributed by atoms with van der Waals surface area (Å²) >= 11 is 0. The van der Waals surface area contributed by atoms with Gasteiger partial charge in [-0.05, 0) is 44.2 Å². The van der Waals surface area contributed by atoms with Crippen molar-refractivity contribution in [2.75, 3.05) is 7.05 Å². The maximum absolute atomic E-state index is 6.06. The number of aryl methyl sites for hydroxylation is 2. The van der Waals surface area contributed by atoms with Crippen LogP contribution in [0.1, 0.15) is 28.6 Å². The zero-order valence-electron chi connectivity index (χ0n) is 12.0. The zero-order chi connectivity index (χ0) is 14.1. The predicted molar refractivity (Wildman–Crippen MR) is 80.8 cm³/mol. The molecule has 3 heteroatoms. The van der Waals surface area contributed by atoms with Crippen LogP contribution in [0.15, 0.2) is 47.0 Å². The fraction of sp³-hybridized carbons (Fsp3) is 0.235. The minimum absolute atomic E-state index is 0.0250. The third-order valence-corrected chi connectivity index (χ3v) is 3.66. The summed E-state index contributed by atoms with van der Waals surface area (Å²) in [7, 11) is 1.93. The number of nitrogens with one attached hydrogen (secondary N) is 1. The van der Waals surface area contributed by atoms with E-state index in [4.69, 9.17) is 4.42 Å². The normalized spacial score (nSPS) is 12.8. The van der Waals surface area contributed by atoms with E-state index < -0.39 is 0 Å². The van der Waals surface area contributed by atoms with E-state index in [0.29, 0.717) is 0 Å². The molecular formula is C17H18N2O. The minimum Gasteiger partial charge on any atom is -0.459 e. The SMILES string of the molecule is CNC(c1cc2cccc(C)c2o1)c1ncccc1C. The van der Waals surface area contributed by atoms with Crippen LogP contribution < -0.4 is 5.32 Å². The second kappa shape index (κ2) is 5.10. The average molecular weight is 266 g/mol. The molecule has 0 spiro atoms. The number of hydrogen-bond donors (Lipinski definition) is 1. The Balaban J connectivity index is 2.12. The molecule has 0 aliphatic rings. The number of nitrogens with zero attached hydrogens (tertiary/aromatic N) is 1. The lowest BCUT2D eigenvalue weighted by atomic mass is 10.1. The molecule has 0 saturated carbocycles. The van der Waals surface area contributed by atoms with E-state index in [9.17, 15) is 0 Å². The van der Waals surface area contributed by atoms with Gasteiger partial charge in [0.15, 0.2) is 0 Å². The lowest BCUT2D eigenvalue weighted by Crippen LogP contribution is -2.19. The quantitative estimate of drug-likeness (QED) is 0.784. The first kappa shape index (κ1) is 12.9. The summed E-state index contributed by atoms with van der Waals surface area (Å²) in [6.45, 7) is 4.14. The molecule has 3 rings (SSSR count). The molecule has 0 fully saturated rings. The predicted octanol–water partition coefficient (Wildman–Crippen LogP) is 3.75. The standard InChI is InChI=1S/C17H18N2O/c1-11-7-5-9-19-15(11)16(18-3)14-10-13-8-4-6-12(2)17(13)20-14/h4-10,16,18H,1-3H3. The third-order valence-electron chi connectivity index (χ3n) is 3.66. The number of pyridine rings is 1. The summed E-state index contributed by atoms with van der Waals surface area (Å²) in [6, 6.07) is 12.3. The molecule has 0 amide bonds. The van der Waals surface area contributed by atoms with Crippen molar-refractivity contribution in [3.8, 4) is 0 Å². The van der Waals surface area contributed by atoms with Crippen molar-refractivity contribution in [3.63, 3.8) is 0 Å². The Kier molecular flexibility index (Phi) is 3.28. The number of hydrogen-bond acceptors (Lipinski definition) is 3. The molecule has 0 bridgehead atoms. The Morgan fingerprint density at radius 3 is 2.60 bits per heavy atom. The molecule has 0 radical (unpaired) electrons. The first-order valence-electron chi connectivity index (χ1n) is 6.78. The van der Waals surface area contributed by atoms with E-state index in [1.54, 1.807) is 0 Å². The van der Waals surface area contributed by atoms with Gasteiger partial charge in [-0.3, -0.25) is 4.98 Å². The lowest BCUT2D eigenvalue weighted by molar-refractivity contribution is 0.483. The summed E-state index contributed by atoms with van der Waals surface area (Å²) in [5.74, 6) is 0.901. The van der Waals surface area contributed by atoms with E-state index in [1.807, 2.05) is 19.3 Å². The average Bonchev–Trinajstić information content (AvgIpc) is 2.87. The fourth-order valence-corrected chi connectivity index (χ4v) is 2.58. The van der Waals surface area contributed by atoms with Gasteiger partial charge in [0.1, 0.15) is 17.4 Å². The lowest BCUT2D eigenvalue weighted by Gasteiger charge is -2.15. The Hall–Kier alpha value is -2.13. The number of para-hydroxylation sites is 1. The molecule has 20 heavy (non-hydrogen) atoms. The van der Waals surface area contributed by atoms with E-state index >= 15 is 0 Å². The van der Waals surface area contributed by atoms with Crippen molar-refractivity contribution in [2.24, 2.45) is 0 Å². The van der Waals surface area contributed by atoms with Gasteiger partial charge in [-0.25, -0.2) is 0 Å². The number of rotatable bonds is 3. The van der Waals surface area contributed by atoms with Crippen molar-refractivity contribution in [2.45, 2.75) is 19.9 Å². The zero-order valence-corrected chi connectivity index (χ0v) is 12.0. The van der Waals surface area contributed by atoms with Crippen LogP contribution in [-0.2, 0) is 0 Å². The molecule has 2 heterocycles. The smallest absolute Gasteiger partial charge is 0.137 e. The molecule has 1 atom stereocenters. The van der Waals surface area contributed by atoms with Gasteiger partial charge >= 0.3 is 0 Å². The molecule has 0 saturated heterocycles. The van der Waals surface area contributed by atoms with Crippen molar-refractivity contribution in [3.05, 3.63) is 65.2 Å². The Morgan fingerprint density at radius 1 is 1.10 bits per heavy atom. The second-order valence-corrected chi connectivity index (χ2v) is 5.07. The molecule has 2 aromatic heterocycles. The molecular weight excluding hydrogens is 248 g/mol. The highest BCUT2D eigenvalue weighted by Gasteiger charge is 2.20. The van der Waals surface area contributed by atoms with E-state index in [-0.39, 0.29) is 6.04 Å². The van der Waals surface area contributed by atoms with Gasteiger partial charge in [-0.1, -0.05) is 24.3 Å². The van der Waals surface area contributed by atoms with Crippen LogP contribution in [0.3, 0.4) is 0 Å². The van der Waals surface area contributed by atoms with Crippen LogP contribution in [0.2, 0.25) is 0 Å². The van der Waals surface area contributed by atoms with Crippen LogP contribution in [-0.4, -0.2) is 12.0 Å². The van der Waals surface area contributed by atoms with Gasteiger partial charge in [-0.15, -0.1) is 0 Å². The van der Waals surface area contributed by atoms with Crippen LogP contribution in [0.4, 0.5) is 0 Å². The topological polar surface area (TPSA) is 38.1 Å². The van der Waals surface area contributed by atoms with Crippen LogP contribution >= 0.6 is 0 Å². The molecule has 1 N–H and O–H groups in total. The minimum atomic E-state index is -0.0250. The van der Waals surface area contributed by atoms with Gasteiger partial charge in [0, 0.05) is 11.6 Å². The highest BCUT2D eigenvalue weighted by molar-refractivity contribution is 5.81. The molecule has 3 nitrogen and oxygen atoms in total. The molecule has 0 aliphatic carbocycles. The molecule has 1 aromatic carbocycles. The van der Waals surface area contributed by atoms with Crippen LogP contribution in [0, 0.1) is 13.8 Å². The number of aromatic nitrogens is 1. The summed E-state index contributed by atoms with van der Waals surface area (Å²) in [4.78, 5) is 4.50. The monoisotopic (exact) mass is 266 g/mol. The molecule has 1 unspecified atom stereocenters. The van der Waals surface area contributed by atoms with E-state index in [0.717, 1.165) is 33.6 Å². The first-order valence-corrected chi connectivity index (χ1v) is 6.78. The van der Waals surface area contributed by atoms with Crippen molar-refractivity contribution < 1.29 is 4.42 Å². The van der Waals surface area contributed by atoms with Gasteiger partial charge in [0.2, 0.25) is 0 Å². The van der Waals surface area contributed by atoms with Crippen LogP contribution in [0.25, 0.3) is 11.0 Å². The van der Waals surface area contributed by atoms with Gasteiger partial charge in [0.05, 0.1) is 5.69 Å². The number of furan rings is 1. The summed E-state index contributed by atoms with van der Waals surface area (Å²) < 4.78 is 6.06. The second-order valence-electron chi connectivity index (χ2n) is 5.07. The van der Waals surface area contributed by atoms with Gasteiger partial charge in [-0.2, -0.15) is 0 Å². The van der Waals surface area contributed by atoms with Gasteiger partial charge in [0.25, 0.3) is 0 Å². The largest absolute Gasteiger partial charge is 0.459 e. The van der Waals surface area contributed by atoms with E-state index in [1.165, 1.54) is 0 Å². The maximum Gasteiger partial charge on any atom is 0.137 e.